The number of aromatic nitrogens is 1. The molecule has 0 amide bonds. The largest absolute Gasteiger partial charge is 0.481 e. The maximum atomic E-state index is 11.2. The van der Waals surface area contributed by atoms with Gasteiger partial charge in [-0.1, -0.05) is 54.1 Å². The van der Waals surface area contributed by atoms with E-state index in [0.717, 1.165) is 22.0 Å². The summed E-state index contributed by atoms with van der Waals surface area (Å²) in [5.41, 5.74) is 2.87. The van der Waals surface area contributed by atoms with Gasteiger partial charge in [0.2, 0.25) is 0 Å². The van der Waals surface area contributed by atoms with Crippen LogP contribution in [-0.2, 0) is 17.8 Å². The molecule has 1 aromatic heterocycles. The molecule has 0 fully saturated rings. The van der Waals surface area contributed by atoms with Gasteiger partial charge in [-0.2, -0.15) is 0 Å². The number of carbonyl (C=O) groups is 1. The highest BCUT2D eigenvalue weighted by Gasteiger charge is 2.11. The first-order chi connectivity index (χ1) is 13.6. The predicted molar refractivity (Wildman–Crippen MR) is 110 cm³/mol. The molecule has 0 saturated heterocycles. The van der Waals surface area contributed by atoms with E-state index < -0.39 is 5.97 Å². The fraction of sp³-hybridized carbons (Fsp3) is 0.0870. The summed E-state index contributed by atoms with van der Waals surface area (Å²) in [4.78, 5) is 11.2. The van der Waals surface area contributed by atoms with Gasteiger partial charge in [-0.05, 0) is 41.5 Å². The highest BCUT2D eigenvalue weighted by molar-refractivity contribution is 6.32. The van der Waals surface area contributed by atoms with Gasteiger partial charge in [0.1, 0.15) is 11.5 Å². The molecule has 1 heterocycles. The average molecular weight is 392 g/mol. The van der Waals surface area contributed by atoms with E-state index in [-0.39, 0.29) is 6.42 Å². The van der Waals surface area contributed by atoms with Gasteiger partial charge < -0.3 is 14.4 Å². The monoisotopic (exact) mass is 391 g/mol. The normalized spacial score (nSPS) is 10.9. The van der Waals surface area contributed by atoms with Crippen molar-refractivity contribution in [2.75, 3.05) is 0 Å². The predicted octanol–water partition coefficient (Wildman–Crippen LogP) is 5.76. The SMILES string of the molecule is O=C(O)Cc1cn(Cc2cccc(Oc3ccccc3Cl)c2)c2ccccc12. The maximum absolute atomic E-state index is 11.2. The van der Waals surface area contributed by atoms with Crippen LogP contribution in [0.1, 0.15) is 11.1 Å². The van der Waals surface area contributed by atoms with E-state index in [9.17, 15) is 9.90 Å². The van der Waals surface area contributed by atoms with Crippen LogP contribution in [0.25, 0.3) is 10.9 Å². The molecule has 4 aromatic rings. The number of aliphatic carboxylic acids is 1. The van der Waals surface area contributed by atoms with Crippen LogP contribution >= 0.6 is 11.6 Å². The van der Waals surface area contributed by atoms with Gasteiger partial charge in [-0.25, -0.2) is 0 Å². The summed E-state index contributed by atoms with van der Waals surface area (Å²) in [7, 11) is 0. The van der Waals surface area contributed by atoms with Crippen LogP contribution in [0.5, 0.6) is 11.5 Å². The Morgan fingerprint density at radius 1 is 1.00 bits per heavy atom. The van der Waals surface area contributed by atoms with Crippen LogP contribution in [0, 0.1) is 0 Å². The van der Waals surface area contributed by atoms with Gasteiger partial charge in [-0.15, -0.1) is 0 Å². The summed E-state index contributed by atoms with van der Waals surface area (Å²) in [6.07, 6.45) is 1.92. The van der Waals surface area contributed by atoms with E-state index in [1.54, 1.807) is 6.07 Å². The minimum Gasteiger partial charge on any atom is -0.481 e. The standard InChI is InChI=1S/C23H18ClNO3/c24-20-9-2-4-11-22(20)28-18-7-5-6-16(12-18)14-25-15-17(13-23(26)27)19-8-1-3-10-21(19)25/h1-12,15H,13-14H2,(H,26,27). The number of ether oxygens (including phenoxy) is 1. The van der Waals surface area contributed by atoms with Crippen molar-refractivity contribution in [3.8, 4) is 11.5 Å². The summed E-state index contributed by atoms with van der Waals surface area (Å²) in [5.74, 6) is 0.474. The van der Waals surface area contributed by atoms with Crippen LogP contribution in [0.15, 0.2) is 79.0 Å². The third kappa shape index (κ3) is 3.87. The molecule has 28 heavy (non-hydrogen) atoms. The van der Waals surface area contributed by atoms with E-state index in [4.69, 9.17) is 16.3 Å². The topological polar surface area (TPSA) is 51.5 Å². The lowest BCUT2D eigenvalue weighted by molar-refractivity contribution is -0.136. The molecule has 0 aliphatic rings. The summed E-state index contributed by atoms with van der Waals surface area (Å²) < 4.78 is 7.99. The first-order valence-electron chi connectivity index (χ1n) is 8.90. The Morgan fingerprint density at radius 2 is 1.79 bits per heavy atom. The minimum absolute atomic E-state index is 0.00315. The van der Waals surface area contributed by atoms with Crippen LogP contribution in [0.4, 0.5) is 0 Å². The van der Waals surface area contributed by atoms with Crippen LogP contribution in [0.2, 0.25) is 5.02 Å². The van der Waals surface area contributed by atoms with Crippen molar-refractivity contribution < 1.29 is 14.6 Å². The number of nitrogens with zero attached hydrogens (tertiary/aromatic N) is 1. The number of carboxylic acids is 1. The Morgan fingerprint density at radius 3 is 2.61 bits per heavy atom. The van der Waals surface area contributed by atoms with Crippen molar-refractivity contribution in [3.63, 3.8) is 0 Å². The van der Waals surface area contributed by atoms with Crippen molar-refractivity contribution in [2.24, 2.45) is 0 Å². The highest BCUT2D eigenvalue weighted by atomic mass is 35.5. The summed E-state index contributed by atoms with van der Waals surface area (Å²) in [6.45, 7) is 0.611. The van der Waals surface area contributed by atoms with Crippen molar-refractivity contribution in [3.05, 3.63) is 95.1 Å². The highest BCUT2D eigenvalue weighted by Crippen LogP contribution is 2.30. The Balaban J connectivity index is 1.63. The quantitative estimate of drug-likeness (QED) is 0.454. The first-order valence-corrected chi connectivity index (χ1v) is 9.28. The van der Waals surface area contributed by atoms with Crippen LogP contribution in [0.3, 0.4) is 0 Å². The second-order valence-corrected chi connectivity index (χ2v) is 6.96. The molecule has 4 rings (SSSR count). The van der Waals surface area contributed by atoms with Crippen molar-refractivity contribution in [2.45, 2.75) is 13.0 Å². The van der Waals surface area contributed by atoms with Gasteiger partial charge >= 0.3 is 5.97 Å². The van der Waals surface area contributed by atoms with Gasteiger partial charge in [0.25, 0.3) is 0 Å². The molecular formula is C23H18ClNO3. The third-order valence-corrected chi connectivity index (χ3v) is 4.84. The molecule has 0 saturated carbocycles. The molecule has 0 unspecified atom stereocenters. The lowest BCUT2D eigenvalue weighted by atomic mass is 10.1. The molecular weight excluding hydrogens is 374 g/mol. The zero-order valence-electron chi connectivity index (χ0n) is 15.0. The van der Waals surface area contributed by atoms with Crippen molar-refractivity contribution in [1.29, 1.82) is 0 Å². The Kier molecular flexibility index (Phi) is 5.04. The number of benzene rings is 3. The molecule has 0 spiro atoms. The van der Waals surface area contributed by atoms with Crippen LogP contribution < -0.4 is 4.74 Å². The second kappa shape index (κ2) is 7.79. The Bertz CT molecular complexity index is 1150. The molecule has 0 radical (unpaired) electrons. The van der Waals surface area contributed by atoms with Gasteiger partial charge in [-0.3, -0.25) is 4.79 Å². The summed E-state index contributed by atoms with van der Waals surface area (Å²) in [5, 5.41) is 10.7. The van der Waals surface area contributed by atoms with E-state index >= 15 is 0 Å². The second-order valence-electron chi connectivity index (χ2n) is 6.55. The van der Waals surface area contributed by atoms with E-state index in [1.165, 1.54) is 0 Å². The number of rotatable bonds is 6. The molecule has 5 heteroatoms. The van der Waals surface area contributed by atoms with Crippen LogP contribution in [-0.4, -0.2) is 15.6 Å². The molecule has 140 valence electrons. The molecule has 0 aliphatic heterocycles. The van der Waals surface area contributed by atoms with Gasteiger partial charge in [0, 0.05) is 23.6 Å². The molecule has 1 N–H and O–H groups in total. The van der Waals surface area contributed by atoms with Crippen molar-refractivity contribution in [1.82, 2.24) is 4.57 Å². The van der Waals surface area contributed by atoms with Crippen molar-refractivity contribution >= 4 is 28.5 Å². The number of fused-ring (bicyclic) bond motifs is 1. The smallest absolute Gasteiger partial charge is 0.307 e. The minimum atomic E-state index is -0.835. The summed E-state index contributed by atoms with van der Waals surface area (Å²) >= 11 is 6.18. The van der Waals surface area contributed by atoms with E-state index in [1.807, 2.05) is 72.9 Å². The maximum Gasteiger partial charge on any atom is 0.307 e. The Labute approximate surface area is 167 Å². The first kappa shape index (κ1) is 18.1. The zero-order chi connectivity index (χ0) is 19.5. The number of para-hydroxylation sites is 2. The molecule has 4 nitrogen and oxygen atoms in total. The zero-order valence-corrected chi connectivity index (χ0v) is 15.8. The number of hydrogen-bond donors (Lipinski definition) is 1. The molecule has 0 aliphatic carbocycles. The molecule has 0 atom stereocenters. The van der Waals surface area contributed by atoms with E-state index in [0.29, 0.717) is 23.1 Å². The van der Waals surface area contributed by atoms with Gasteiger partial charge in [0.15, 0.2) is 0 Å². The fourth-order valence-corrected chi connectivity index (χ4v) is 3.49. The third-order valence-electron chi connectivity index (χ3n) is 4.53. The van der Waals surface area contributed by atoms with E-state index in [2.05, 4.69) is 4.57 Å². The van der Waals surface area contributed by atoms with Gasteiger partial charge in [0.05, 0.1) is 11.4 Å². The number of halogens is 1. The summed E-state index contributed by atoms with van der Waals surface area (Å²) in [6, 6.07) is 23.0. The lowest BCUT2D eigenvalue weighted by Gasteiger charge is -2.10. The Hall–Kier alpha value is -3.24. The fourth-order valence-electron chi connectivity index (χ4n) is 3.32. The molecule has 0 bridgehead atoms. The average Bonchev–Trinajstić information content (AvgIpc) is 3.01. The number of hydrogen-bond acceptors (Lipinski definition) is 2. The lowest BCUT2D eigenvalue weighted by Crippen LogP contribution is -2.00. The molecule has 3 aromatic carbocycles. The number of carboxylic acid groups (broad SMARTS) is 1.